The molecule has 0 bridgehead atoms. The second kappa shape index (κ2) is 7.17. The maximum atomic E-state index is 13.0. The quantitative estimate of drug-likeness (QED) is 0.492. The molecule has 0 fully saturated rings. The van der Waals surface area contributed by atoms with Crippen LogP contribution in [0.15, 0.2) is 63.5 Å². The van der Waals surface area contributed by atoms with Gasteiger partial charge in [-0.3, -0.25) is 4.79 Å². The molecule has 1 heterocycles. The Morgan fingerprint density at radius 1 is 1.08 bits per heavy atom. The summed E-state index contributed by atoms with van der Waals surface area (Å²) in [6.07, 6.45) is -4.58. The van der Waals surface area contributed by atoms with E-state index in [1.165, 1.54) is 18.2 Å². The highest BCUT2D eigenvalue weighted by Crippen LogP contribution is 2.37. The van der Waals surface area contributed by atoms with E-state index >= 15 is 0 Å². The number of furan rings is 1. The molecule has 3 aromatic rings. The van der Waals surface area contributed by atoms with Crippen LogP contribution in [0.3, 0.4) is 0 Å². The SMILES string of the molecule is O=C(Nc1ccccc1Br)c1ccc(-c2ccc(Cl)c(C(F)(F)F)c2)o1. The number of anilines is 1. The van der Waals surface area contributed by atoms with Gasteiger partial charge in [-0.05, 0) is 58.4 Å². The van der Waals surface area contributed by atoms with E-state index in [2.05, 4.69) is 21.2 Å². The second-order valence-electron chi connectivity index (χ2n) is 5.29. The lowest BCUT2D eigenvalue weighted by Gasteiger charge is -2.10. The number of hydrogen-bond donors (Lipinski definition) is 1. The van der Waals surface area contributed by atoms with Crippen molar-refractivity contribution < 1.29 is 22.4 Å². The second-order valence-corrected chi connectivity index (χ2v) is 6.55. The first-order valence-electron chi connectivity index (χ1n) is 7.28. The minimum atomic E-state index is -4.58. The molecular weight excluding hydrogens is 435 g/mol. The van der Waals surface area contributed by atoms with Crippen LogP contribution in [0.2, 0.25) is 5.02 Å². The van der Waals surface area contributed by atoms with E-state index in [4.69, 9.17) is 16.0 Å². The monoisotopic (exact) mass is 443 g/mol. The van der Waals surface area contributed by atoms with Crippen molar-refractivity contribution in [3.63, 3.8) is 0 Å². The third-order valence-corrected chi connectivity index (χ3v) is 4.53. The lowest BCUT2D eigenvalue weighted by molar-refractivity contribution is -0.137. The molecule has 0 unspecified atom stereocenters. The molecular formula is C18H10BrClF3NO2. The Hall–Kier alpha value is -2.25. The van der Waals surface area contributed by atoms with Crippen LogP contribution in [0.4, 0.5) is 18.9 Å². The average Bonchev–Trinajstić information content (AvgIpc) is 3.06. The number of benzene rings is 2. The molecule has 0 aliphatic rings. The summed E-state index contributed by atoms with van der Waals surface area (Å²) >= 11 is 8.92. The first-order valence-corrected chi connectivity index (χ1v) is 8.45. The number of nitrogens with one attached hydrogen (secondary N) is 1. The fourth-order valence-corrected chi connectivity index (χ4v) is 2.87. The van der Waals surface area contributed by atoms with Gasteiger partial charge in [0.25, 0.3) is 5.91 Å². The molecule has 3 rings (SSSR count). The van der Waals surface area contributed by atoms with Crippen molar-refractivity contribution in [2.45, 2.75) is 6.18 Å². The van der Waals surface area contributed by atoms with Crippen LogP contribution in [-0.2, 0) is 6.18 Å². The van der Waals surface area contributed by atoms with Crippen molar-refractivity contribution in [3.8, 4) is 11.3 Å². The maximum absolute atomic E-state index is 13.0. The number of alkyl halides is 3. The molecule has 0 aliphatic heterocycles. The van der Waals surface area contributed by atoms with Crippen LogP contribution in [0, 0.1) is 0 Å². The van der Waals surface area contributed by atoms with E-state index < -0.39 is 22.7 Å². The van der Waals surface area contributed by atoms with Crippen molar-refractivity contribution in [1.82, 2.24) is 0 Å². The van der Waals surface area contributed by atoms with Gasteiger partial charge in [0.1, 0.15) is 5.76 Å². The molecule has 1 N–H and O–H groups in total. The van der Waals surface area contributed by atoms with Crippen molar-refractivity contribution in [3.05, 3.63) is 75.4 Å². The van der Waals surface area contributed by atoms with Crippen molar-refractivity contribution in [2.24, 2.45) is 0 Å². The van der Waals surface area contributed by atoms with Crippen molar-refractivity contribution in [1.29, 1.82) is 0 Å². The minimum Gasteiger partial charge on any atom is -0.451 e. The summed E-state index contributed by atoms with van der Waals surface area (Å²) in [5, 5.41) is 2.25. The van der Waals surface area contributed by atoms with Gasteiger partial charge in [0, 0.05) is 10.0 Å². The number of para-hydroxylation sites is 1. The summed E-state index contributed by atoms with van der Waals surface area (Å²) in [5.74, 6) is -0.420. The molecule has 0 radical (unpaired) electrons. The molecule has 0 saturated heterocycles. The molecule has 134 valence electrons. The fourth-order valence-electron chi connectivity index (χ4n) is 2.26. The minimum absolute atomic E-state index is 0.0285. The van der Waals surface area contributed by atoms with Crippen molar-refractivity contribution in [2.75, 3.05) is 5.32 Å². The Morgan fingerprint density at radius 3 is 2.50 bits per heavy atom. The molecule has 1 aromatic heterocycles. The van der Waals surface area contributed by atoms with Gasteiger partial charge in [0.2, 0.25) is 0 Å². The van der Waals surface area contributed by atoms with Crippen LogP contribution in [-0.4, -0.2) is 5.91 Å². The smallest absolute Gasteiger partial charge is 0.417 e. The van der Waals surface area contributed by atoms with Gasteiger partial charge in [0.05, 0.1) is 16.3 Å². The largest absolute Gasteiger partial charge is 0.451 e. The van der Waals surface area contributed by atoms with Crippen LogP contribution < -0.4 is 5.32 Å². The summed E-state index contributed by atoms with van der Waals surface area (Å²) < 4.78 is 45.0. The van der Waals surface area contributed by atoms with Gasteiger partial charge < -0.3 is 9.73 Å². The molecule has 0 atom stereocenters. The van der Waals surface area contributed by atoms with Gasteiger partial charge >= 0.3 is 6.18 Å². The molecule has 1 amide bonds. The average molecular weight is 445 g/mol. The fraction of sp³-hybridized carbons (Fsp3) is 0.0556. The van der Waals surface area contributed by atoms with E-state index in [0.29, 0.717) is 10.2 Å². The molecule has 26 heavy (non-hydrogen) atoms. The Bertz CT molecular complexity index is 969. The van der Waals surface area contributed by atoms with E-state index in [-0.39, 0.29) is 17.1 Å². The highest BCUT2D eigenvalue weighted by atomic mass is 79.9. The molecule has 0 saturated carbocycles. The van der Waals surface area contributed by atoms with Crippen LogP contribution in [0.25, 0.3) is 11.3 Å². The van der Waals surface area contributed by atoms with Gasteiger partial charge in [-0.2, -0.15) is 13.2 Å². The van der Waals surface area contributed by atoms with E-state index in [1.54, 1.807) is 24.3 Å². The molecule has 3 nitrogen and oxygen atoms in total. The number of halogens is 5. The first kappa shape index (κ1) is 18.5. The lowest BCUT2D eigenvalue weighted by atomic mass is 10.1. The Balaban J connectivity index is 1.86. The zero-order chi connectivity index (χ0) is 18.9. The maximum Gasteiger partial charge on any atom is 0.417 e. The lowest BCUT2D eigenvalue weighted by Crippen LogP contribution is -2.11. The number of amides is 1. The predicted molar refractivity (Wildman–Crippen MR) is 96.3 cm³/mol. The third-order valence-electron chi connectivity index (χ3n) is 3.51. The van der Waals surface area contributed by atoms with Crippen molar-refractivity contribution >= 4 is 39.1 Å². The summed E-state index contributed by atoms with van der Waals surface area (Å²) in [6, 6.07) is 13.2. The molecule has 8 heteroatoms. The summed E-state index contributed by atoms with van der Waals surface area (Å²) in [6.45, 7) is 0. The highest BCUT2D eigenvalue weighted by Gasteiger charge is 2.33. The topological polar surface area (TPSA) is 42.2 Å². The van der Waals surface area contributed by atoms with Crippen LogP contribution in [0.5, 0.6) is 0 Å². The van der Waals surface area contributed by atoms with Gasteiger partial charge in [-0.15, -0.1) is 0 Å². The normalized spacial score (nSPS) is 11.4. The molecule has 0 spiro atoms. The Labute approximate surface area is 159 Å². The third kappa shape index (κ3) is 3.94. The van der Waals surface area contributed by atoms with Crippen LogP contribution in [0.1, 0.15) is 16.1 Å². The Morgan fingerprint density at radius 2 is 1.81 bits per heavy atom. The van der Waals surface area contributed by atoms with Gasteiger partial charge in [-0.25, -0.2) is 0 Å². The van der Waals surface area contributed by atoms with Crippen LogP contribution >= 0.6 is 27.5 Å². The predicted octanol–water partition coefficient (Wildman–Crippen LogP) is 6.63. The van der Waals surface area contributed by atoms with E-state index in [0.717, 1.165) is 12.1 Å². The zero-order valence-corrected chi connectivity index (χ0v) is 15.2. The highest BCUT2D eigenvalue weighted by molar-refractivity contribution is 9.10. The summed E-state index contributed by atoms with van der Waals surface area (Å²) in [7, 11) is 0. The number of rotatable bonds is 3. The van der Waals surface area contributed by atoms with E-state index in [9.17, 15) is 18.0 Å². The van der Waals surface area contributed by atoms with Gasteiger partial charge in [-0.1, -0.05) is 23.7 Å². The van der Waals surface area contributed by atoms with E-state index in [1.807, 2.05) is 0 Å². The molecule has 2 aromatic carbocycles. The summed E-state index contributed by atoms with van der Waals surface area (Å²) in [5.41, 5.74) is -0.254. The zero-order valence-electron chi connectivity index (χ0n) is 12.9. The Kier molecular flexibility index (Phi) is 5.11. The number of carbonyl (C=O) groups excluding carboxylic acids is 1. The number of hydrogen-bond acceptors (Lipinski definition) is 2. The number of carbonyl (C=O) groups is 1. The summed E-state index contributed by atoms with van der Waals surface area (Å²) in [4.78, 5) is 12.3. The molecule has 0 aliphatic carbocycles. The first-order chi connectivity index (χ1) is 12.3. The van der Waals surface area contributed by atoms with Gasteiger partial charge in [0.15, 0.2) is 5.76 Å². The standard InChI is InChI=1S/C18H10BrClF3NO2/c19-12-3-1-2-4-14(12)24-17(25)16-8-7-15(26-16)10-5-6-13(20)11(9-10)18(21,22)23/h1-9H,(H,24,25).